The van der Waals surface area contributed by atoms with E-state index in [1.807, 2.05) is 37.3 Å². The van der Waals surface area contributed by atoms with Crippen LogP contribution >= 0.6 is 0 Å². The highest BCUT2D eigenvalue weighted by Gasteiger charge is 2.15. The monoisotopic (exact) mass is 248 g/mol. The van der Waals surface area contributed by atoms with Gasteiger partial charge in [-0.2, -0.15) is 4.79 Å². The summed E-state index contributed by atoms with van der Waals surface area (Å²) in [5.41, 5.74) is 8.17. The number of rotatable bonds is 6. The van der Waals surface area contributed by atoms with Crippen LogP contribution in [0.3, 0.4) is 0 Å². The molecule has 1 rings (SSSR count). The summed E-state index contributed by atoms with van der Waals surface area (Å²) in [6.45, 7) is 3.66. The quantitative estimate of drug-likeness (QED) is 0.335. The third kappa shape index (κ3) is 5.27. The van der Waals surface area contributed by atoms with Gasteiger partial charge >= 0.3 is 12.2 Å². The summed E-state index contributed by atoms with van der Waals surface area (Å²) in [4.78, 5) is 13.6. The number of hydrogen-bond donors (Lipinski definition) is 0. The molecule has 0 aliphatic carbocycles. The second-order valence-corrected chi connectivity index (χ2v) is 3.97. The Bertz CT molecular complexity index is 427. The van der Waals surface area contributed by atoms with Gasteiger partial charge in [0.2, 0.25) is 0 Å². The molecule has 5 nitrogen and oxygen atoms in total. The summed E-state index contributed by atoms with van der Waals surface area (Å²) in [7, 11) is 0. The first kappa shape index (κ1) is 13.9. The van der Waals surface area contributed by atoms with Crippen molar-refractivity contribution in [2.24, 2.45) is 0 Å². The molecule has 1 aromatic rings. The summed E-state index contributed by atoms with van der Waals surface area (Å²) in [6, 6.07) is 9.43. The SMILES string of the molecule is C[C@H](C[C@H](C)Oc1ccccc1)OC(=O)C=[N+]=[N-]. The van der Waals surface area contributed by atoms with Crippen molar-refractivity contribution in [3.63, 3.8) is 0 Å². The van der Waals surface area contributed by atoms with E-state index in [0.29, 0.717) is 6.42 Å². The van der Waals surface area contributed by atoms with Gasteiger partial charge in [-0.3, -0.25) is 0 Å². The Kier molecular flexibility index (Phi) is 5.61. The molecule has 18 heavy (non-hydrogen) atoms. The van der Waals surface area contributed by atoms with Gasteiger partial charge in [0, 0.05) is 6.42 Å². The van der Waals surface area contributed by atoms with E-state index in [0.717, 1.165) is 12.0 Å². The molecule has 0 saturated carbocycles. The van der Waals surface area contributed by atoms with Crippen molar-refractivity contribution in [3.8, 4) is 5.75 Å². The van der Waals surface area contributed by atoms with Crippen molar-refractivity contribution in [1.29, 1.82) is 0 Å². The summed E-state index contributed by atoms with van der Waals surface area (Å²) >= 11 is 0. The number of benzene rings is 1. The lowest BCUT2D eigenvalue weighted by Gasteiger charge is -2.18. The molecule has 0 aromatic heterocycles. The summed E-state index contributed by atoms with van der Waals surface area (Å²) < 4.78 is 10.6. The molecule has 0 fully saturated rings. The maximum atomic E-state index is 11.0. The average molecular weight is 248 g/mol. The van der Waals surface area contributed by atoms with Crippen LogP contribution in [0.4, 0.5) is 0 Å². The van der Waals surface area contributed by atoms with Crippen LogP contribution < -0.4 is 4.74 Å². The first-order valence-electron chi connectivity index (χ1n) is 5.71. The van der Waals surface area contributed by atoms with E-state index < -0.39 is 5.97 Å². The lowest BCUT2D eigenvalue weighted by Crippen LogP contribution is -2.23. The molecule has 0 unspecified atom stereocenters. The Morgan fingerprint density at radius 1 is 1.33 bits per heavy atom. The van der Waals surface area contributed by atoms with Crippen LogP contribution in [0.1, 0.15) is 20.3 Å². The van der Waals surface area contributed by atoms with Gasteiger partial charge in [0.25, 0.3) is 0 Å². The van der Waals surface area contributed by atoms with Crippen LogP contribution in [0, 0.1) is 0 Å². The number of carbonyl (C=O) groups is 1. The van der Waals surface area contributed by atoms with Crippen molar-refractivity contribution in [1.82, 2.24) is 0 Å². The Hall–Kier alpha value is -2.13. The fourth-order valence-electron chi connectivity index (χ4n) is 1.57. The molecule has 96 valence electrons. The van der Waals surface area contributed by atoms with Crippen molar-refractivity contribution in [2.45, 2.75) is 32.5 Å². The highest BCUT2D eigenvalue weighted by molar-refractivity contribution is 6.20. The van der Waals surface area contributed by atoms with E-state index in [-0.39, 0.29) is 12.2 Å². The van der Waals surface area contributed by atoms with Crippen LogP contribution in [-0.2, 0) is 9.53 Å². The van der Waals surface area contributed by atoms with Crippen LogP contribution in [0.2, 0.25) is 0 Å². The highest BCUT2D eigenvalue weighted by atomic mass is 16.5. The fourth-order valence-corrected chi connectivity index (χ4v) is 1.57. The third-order valence-electron chi connectivity index (χ3n) is 2.22. The van der Waals surface area contributed by atoms with Crippen molar-refractivity contribution in [2.75, 3.05) is 0 Å². The molecule has 2 atom stereocenters. The Morgan fingerprint density at radius 3 is 2.61 bits per heavy atom. The lowest BCUT2D eigenvalue weighted by molar-refractivity contribution is -0.144. The predicted octanol–water partition coefficient (Wildman–Crippen LogP) is 2.08. The Morgan fingerprint density at radius 2 is 2.00 bits per heavy atom. The summed E-state index contributed by atoms with van der Waals surface area (Å²) in [5, 5.41) is 0. The van der Waals surface area contributed by atoms with E-state index in [1.165, 1.54) is 0 Å². The number of hydrogen-bond acceptors (Lipinski definition) is 3. The Labute approximate surface area is 106 Å². The highest BCUT2D eigenvalue weighted by Crippen LogP contribution is 2.14. The minimum absolute atomic E-state index is 0.0822. The van der Waals surface area contributed by atoms with Crippen molar-refractivity contribution < 1.29 is 19.1 Å². The number of nitrogens with zero attached hydrogens (tertiary/aromatic N) is 2. The normalized spacial score (nSPS) is 13.0. The minimum Gasteiger partial charge on any atom is -0.491 e. The third-order valence-corrected chi connectivity index (χ3v) is 2.22. The molecule has 0 aliphatic heterocycles. The van der Waals surface area contributed by atoms with Gasteiger partial charge in [-0.15, -0.1) is 0 Å². The van der Waals surface area contributed by atoms with Crippen molar-refractivity contribution in [3.05, 3.63) is 35.9 Å². The zero-order valence-corrected chi connectivity index (χ0v) is 10.4. The second kappa shape index (κ2) is 7.25. The predicted molar refractivity (Wildman–Crippen MR) is 66.4 cm³/mol. The van der Waals surface area contributed by atoms with Gasteiger partial charge in [0.05, 0.1) is 6.10 Å². The first-order valence-corrected chi connectivity index (χ1v) is 5.71. The molecular weight excluding hydrogens is 232 g/mol. The van der Waals surface area contributed by atoms with E-state index in [2.05, 4.69) is 4.79 Å². The number of carbonyl (C=O) groups excluding carboxylic acids is 1. The molecule has 0 amide bonds. The molecule has 0 heterocycles. The van der Waals surface area contributed by atoms with Gasteiger partial charge in [0.1, 0.15) is 11.9 Å². The molecule has 0 bridgehead atoms. The largest absolute Gasteiger partial charge is 0.491 e. The van der Waals surface area contributed by atoms with Crippen LogP contribution in [-0.4, -0.2) is 29.2 Å². The van der Waals surface area contributed by atoms with Crippen molar-refractivity contribution >= 4 is 12.2 Å². The lowest BCUT2D eigenvalue weighted by atomic mass is 10.2. The van der Waals surface area contributed by atoms with E-state index in [4.69, 9.17) is 15.0 Å². The molecular formula is C13H16N2O3. The summed E-state index contributed by atoms with van der Waals surface area (Å²) in [6.07, 6.45) is 0.884. The van der Waals surface area contributed by atoms with Gasteiger partial charge in [-0.1, -0.05) is 18.2 Å². The molecule has 0 spiro atoms. The topological polar surface area (TPSA) is 71.9 Å². The Balaban J connectivity index is 2.38. The van der Waals surface area contributed by atoms with Gasteiger partial charge in [-0.05, 0) is 26.0 Å². The van der Waals surface area contributed by atoms with Gasteiger partial charge < -0.3 is 15.0 Å². The van der Waals surface area contributed by atoms with Gasteiger partial charge in [0.15, 0.2) is 0 Å². The molecule has 0 N–H and O–H groups in total. The molecule has 1 aromatic carbocycles. The number of esters is 1. The van der Waals surface area contributed by atoms with E-state index in [1.54, 1.807) is 6.92 Å². The van der Waals surface area contributed by atoms with E-state index >= 15 is 0 Å². The first-order chi connectivity index (χ1) is 8.61. The zero-order valence-electron chi connectivity index (χ0n) is 10.4. The second-order valence-electron chi connectivity index (χ2n) is 3.97. The average Bonchev–Trinajstić information content (AvgIpc) is 2.29. The maximum absolute atomic E-state index is 11.0. The van der Waals surface area contributed by atoms with Crippen LogP contribution in [0.5, 0.6) is 5.75 Å². The molecule has 5 heteroatoms. The fraction of sp³-hybridized carbons (Fsp3) is 0.385. The smallest absolute Gasteiger partial charge is 0.413 e. The van der Waals surface area contributed by atoms with Crippen LogP contribution in [0.15, 0.2) is 30.3 Å². The van der Waals surface area contributed by atoms with Gasteiger partial charge in [-0.25, -0.2) is 4.79 Å². The number of para-hydroxylation sites is 1. The maximum Gasteiger partial charge on any atom is 0.413 e. The molecule has 0 saturated heterocycles. The minimum atomic E-state index is -0.670. The zero-order chi connectivity index (χ0) is 13.4. The number of ether oxygens (including phenoxy) is 2. The standard InChI is InChI=1S/C13H16N2O3/c1-10(17-12-6-4-3-5-7-12)8-11(2)18-13(16)9-15-14/h3-7,9-11H,8H2,1-2H3/t10-,11+/m0/s1. The molecule has 0 aliphatic rings. The summed E-state index contributed by atoms with van der Waals surface area (Å²) in [5.74, 6) is 0.109. The van der Waals surface area contributed by atoms with E-state index in [9.17, 15) is 4.79 Å². The molecule has 0 radical (unpaired) electrons. The van der Waals surface area contributed by atoms with Crippen LogP contribution in [0.25, 0.3) is 5.53 Å².